The van der Waals surface area contributed by atoms with Crippen LogP contribution in [0.5, 0.6) is 0 Å². The molecule has 0 saturated carbocycles. The van der Waals surface area contributed by atoms with Gasteiger partial charge in [-0.2, -0.15) is 4.98 Å². The molecular formula is C20H21N5O3S. The summed E-state index contributed by atoms with van der Waals surface area (Å²) >= 11 is 1.39. The third kappa shape index (κ3) is 6.35. The highest BCUT2D eigenvalue weighted by atomic mass is 32.2. The zero-order valence-corrected chi connectivity index (χ0v) is 16.9. The van der Waals surface area contributed by atoms with E-state index < -0.39 is 0 Å². The third-order valence-corrected chi connectivity index (χ3v) is 4.76. The van der Waals surface area contributed by atoms with Crippen molar-refractivity contribution in [1.29, 1.82) is 0 Å². The number of amides is 3. The molecule has 0 saturated heterocycles. The molecule has 0 radical (unpaired) electrons. The molecule has 1 heterocycles. The first-order valence-electron chi connectivity index (χ1n) is 8.90. The number of hydrogen-bond donors (Lipinski definition) is 3. The second kappa shape index (κ2) is 9.74. The Morgan fingerprint density at radius 2 is 1.76 bits per heavy atom. The number of nitrogens with zero attached hydrogens (tertiary/aromatic N) is 2. The minimum atomic E-state index is -0.358. The molecule has 0 atom stereocenters. The number of nitrogens with one attached hydrogen (secondary N) is 3. The molecule has 9 heteroatoms. The van der Waals surface area contributed by atoms with Crippen LogP contribution in [0.15, 0.2) is 53.1 Å². The first-order chi connectivity index (χ1) is 14.0. The van der Waals surface area contributed by atoms with Crippen LogP contribution in [-0.2, 0) is 10.5 Å². The number of anilines is 3. The molecule has 1 aromatic heterocycles. The van der Waals surface area contributed by atoms with Crippen LogP contribution in [0.3, 0.4) is 0 Å². The van der Waals surface area contributed by atoms with Crippen LogP contribution >= 0.6 is 11.8 Å². The molecule has 3 rings (SSSR count). The molecule has 0 aliphatic heterocycles. The molecular weight excluding hydrogens is 390 g/mol. The molecule has 0 spiro atoms. The van der Waals surface area contributed by atoms with Crippen LogP contribution < -0.4 is 16.0 Å². The minimum Gasteiger partial charge on any atom is -0.340 e. The lowest BCUT2D eigenvalue weighted by molar-refractivity contribution is -0.113. The monoisotopic (exact) mass is 411 g/mol. The van der Waals surface area contributed by atoms with Gasteiger partial charge in [-0.15, -0.1) is 11.8 Å². The van der Waals surface area contributed by atoms with E-state index in [9.17, 15) is 9.59 Å². The number of urea groups is 1. The van der Waals surface area contributed by atoms with Gasteiger partial charge in [-0.3, -0.25) is 4.79 Å². The molecule has 3 aromatic rings. The second-order valence-corrected chi connectivity index (χ2v) is 7.23. The molecule has 150 valence electrons. The van der Waals surface area contributed by atoms with Gasteiger partial charge in [-0.1, -0.05) is 29.4 Å². The summed E-state index contributed by atoms with van der Waals surface area (Å²) in [6.07, 6.45) is 0. The molecule has 0 bridgehead atoms. The first-order valence-corrected chi connectivity index (χ1v) is 10.1. The Morgan fingerprint density at radius 1 is 1.00 bits per heavy atom. The van der Waals surface area contributed by atoms with E-state index in [0.717, 1.165) is 5.56 Å². The molecule has 0 unspecified atom stereocenters. The fraction of sp³-hybridized carbons (Fsp3) is 0.200. The van der Waals surface area contributed by atoms with Crippen LogP contribution in [0.2, 0.25) is 0 Å². The predicted octanol–water partition coefficient (Wildman–Crippen LogP) is 4.20. The highest BCUT2D eigenvalue weighted by Gasteiger charge is 2.09. The van der Waals surface area contributed by atoms with E-state index in [2.05, 4.69) is 26.1 Å². The van der Waals surface area contributed by atoms with Gasteiger partial charge in [0.05, 0.1) is 11.5 Å². The Bertz CT molecular complexity index is 991. The van der Waals surface area contributed by atoms with Crippen LogP contribution in [0.4, 0.5) is 21.9 Å². The van der Waals surface area contributed by atoms with Gasteiger partial charge in [-0.05, 0) is 36.8 Å². The molecule has 0 aliphatic carbocycles. The van der Waals surface area contributed by atoms with Crippen molar-refractivity contribution in [3.8, 4) is 0 Å². The molecule has 8 nitrogen and oxygen atoms in total. The number of para-hydroxylation sites is 1. The maximum Gasteiger partial charge on any atom is 0.323 e. The predicted molar refractivity (Wildman–Crippen MR) is 114 cm³/mol. The van der Waals surface area contributed by atoms with E-state index in [0.29, 0.717) is 34.5 Å². The Morgan fingerprint density at radius 3 is 2.48 bits per heavy atom. The van der Waals surface area contributed by atoms with E-state index in [1.165, 1.54) is 11.8 Å². The molecule has 2 aromatic carbocycles. The number of aryl methyl sites for hydroxylation is 2. The van der Waals surface area contributed by atoms with Gasteiger partial charge in [0.1, 0.15) is 0 Å². The largest absolute Gasteiger partial charge is 0.340 e. The molecule has 0 fully saturated rings. The number of thioether (sulfide) groups is 1. The normalized spacial score (nSPS) is 10.4. The summed E-state index contributed by atoms with van der Waals surface area (Å²) in [6.45, 7) is 3.61. The van der Waals surface area contributed by atoms with Gasteiger partial charge < -0.3 is 20.5 Å². The summed E-state index contributed by atoms with van der Waals surface area (Å²) in [4.78, 5) is 28.5. The molecule has 3 N–H and O–H groups in total. The van der Waals surface area contributed by atoms with Crippen molar-refractivity contribution >= 4 is 40.8 Å². The number of hydrogen-bond acceptors (Lipinski definition) is 6. The highest BCUT2D eigenvalue weighted by molar-refractivity contribution is 7.99. The Labute approximate surface area is 172 Å². The van der Waals surface area contributed by atoms with Crippen molar-refractivity contribution in [3.05, 3.63) is 65.8 Å². The van der Waals surface area contributed by atoms with E-state index in [4.69, 9.17) is 4.52 Å². The lowest BCUT2D eigenvalue weighted by atomic mass is 10.2. The summed E-state index contributed by atoms with van der Waals surface area (Å²) in [7, 11) is 0. The van der Waals surface area contributed by atoms with Gasteiger partial charge in [0, 0.05) is 24.0 Å². The Kier molecular flexibility index (Phi) is 6.85. The van der Waals surface area contributed by atoms with Gasteiger partial charge in [0.25, 0.3) is 0 Å². The third-order valence-electron chi connectivity index (χ3n) is 3.84. The number of rotatable bonds is 7. The summed E-state index contributed by atoms with van der Waals surface area (Å²) in [6, 6.07) is 14.1. The minimum absolute atomic E-state index is 0.149. The fourth-order valence-electron chi connectivity index (χ4n) is 2.47. The topological polar surface area (TPSA) is 109 Å². The Hall–Kier alpha value is -3.33. The fourth-order valence-corrected chi connectivity index (χ4v) is 3.13. The highest BCUT2D eigenvalue weighted by Crippen LogP contribution is 2.21. The standard InChI is InChI=1S/C20H21N5O3S/c1-13-8-9-16(23-20(27)22-15-6-4-3-5-7-15)10-17(13)24-19(26)12-29-11-18-21-14(2)28-25-18/h3-10H,11-12H2,1-2H3,(H,24,26)(H2,22,23,27). The van der Waals surface area contributed by atoms with Crippen LogP contribution in [0.25, 0.3) is 0 Å². The summed E-state index contributed by atoms with van der Waals surface area (Å²) in [5, 5.41) is 12.2. The Balaban J connectivity index is 1.52. The molecule has 29 heavy (non-hydrogen) atoms. The average Bonchev–Trinajstić information content (AvgIpc) is 3.10. The number of carbonyl (C=O) groups excluding carboxylic acids is 2. The molecule has 3 amide bonds. The summed E-state index contributed by atoms with van der Waals surface area (Å²) in [5.41, 5.74) is 2.81. The van der Waals surface area contributed by atoms with E-state index in [-0.39, 0.29) is 17.7 Å². The maximum absolute atomic E-state index is 12.2. The lowest BCUT2D eigenvalue weighted by Gasteiger charge is -2.12. The van der Waals surface area contributed by atoms with Crippen molar-refractivity contribution in [2.24, 2.45) is 0 Å². The van der Waals surface area contributed by atoms with Gasteiger partial charge in [0.2, 0.25) is 11.8 Å². The van der Waals surface area contributed by atoms with Crippen molar-refractivity contribution in [1.82, 2.24) is 10.1 Å². The van der Waals surface area contributed by atoms with Gasteiger partial charge in [0.15, 0.2) is 5.82 Å². The lowest BCUT2D eigenvalue weighted by Crippen LogP contribution is -2.20. The first kappa shape index (κ1) is 20.4. The van der Waals surface area contributed by atoms with Crippen LogP contribution in [0.1, 0.15) is 17.3 Å². The van der Waals surface area contributed by atoms with Gasteiger partial charge >= 0.3 is 6.03 Å². The van der Waals surface area contributed by atoms with Gasteiger partial charge in [-0.25, -0.2) is 4.79 Å². The average molecular weight is 411 g/mol. The molecule has 0 aliphatic rings. The second-order valence-electron chi connectivity index (χ2n) is 6.25. The summed E-state index contributed by atoms with van der Waals surface area (Å²) in [5.74, 6) is 1.65. The quantitative estimate of drug-likeness (QED) is 0.537. The number of carbonyl (C=O) groups is 2. The maximum atomic E-state index is 12.2. The van der Waals surface area contributed by atoms with Crippen LogP contribution in [-0.4, -0.2) is 27.8 Å². The van der Waals surface area contributed by atoms with Crippen molar-refractivity contribution in [3.63, 3.8) is 0 Å². The van der Waals surface area contributed by atoms with E-state index in [1.807, 2.05) is 31.2 Å². The zero-order chi connectivity index (χ0) is 20.6. The van der Waals surface area contributed by atoms with Crippen molar-refractivity contribution < 1.29 is 14.1 Å². The van der Waals surface area contributed by atoms with Crippen molar-refractivity contribution in [2.75, 3.05) is 21.7 Å². The SMILES string of the molecule is Cc1nc(CSCC(=O)Nc2cc(NC(=O)Nc3ccccc3)ccc2C)no1. The zero-order valence-electron chi connectivity index (χ0n) is 16.1. The van der Waals surface area contributed by atoms with E-state index in [1.54, 1.807) is 31.2 Å². The smallest absolute Gasteiger partial charge is 0.323 e. The van der Waals surface area contributed by atoms with Crippen molar-refractivity contribution in [2.45, 2.75) is 19.6 Å². The van der Waals surface area contributed by atoms with E-state index >= 15 is 0 Å². The number of benzene rings is 2. The van der Waals surface area contributed by atoms with Crippen LogP contribution in [0, 0.1) is 13.8 Å². The number of aromatic nitrogens is 2. The summed E-state index contributed by atoms with van der Waals surface area (Å²) < 4.78 is 4.90.